The third kappa shape index (κ3) is 21.1. The van der Waals surface area contributed by atoms with Gasteiger partial charge in [0.05, 0.1) is 0 Å². The number of carbonyl (C=O) groups is 1. The van der Waals surface area contributed by atoms with Crippen molar-refractivity contribution in [2.24, 2.45) is 0 Å². The van der Waals surface area contributed by atoms with E-state index < -0.39 is 0 Å². The van der Waals surface area contributed by atoms with Crippen molar-refractivity contribution in [2.45, 2.75) is 110 Å². The van der Waals surface area contributed by atoms with Crippen molar-refractivity contribution >= 4 is 6.29 Å². The molecule has 0 rings (SSSR count). The van der Waals surface area contributed by atoms with E-state index in [0.29, 0.717) is 0 Å². The summed E-state index contributed by atoms with van der Waals surface area (Å²) >= 11 is 0. The first-order valence-electron chi connectivity index (χ1n) is 10.2. The number of rotatable bonds is 18. The number of hydrogen-bond donors (Lipinski definition) is 0. The van der Waals surface area contributed by atoms with E-state index in [1.807, 2.05) is 6.08 Å². The molecule has 0 unspecified atom stereocenters. The van der Waals surface area contributed by atoms with Crippen molar-refractivity contribution < 1.29 is 4.79 Å². The van der Waals surface area contributed by atoms with Crippen molar-refractivity contribution in [3.05, 3.63) is 24.3 Å². The van der Waals surface area contributed by atoms with Crippen molar-refractivity contribution in [1.82, 2.24) is 0 Å². The van der Waals surface area contributed by atoms with Gasteiger partial charge < -0.3 is 0 Å². The van der Waals surface area contributed by atoms with Crippen LogP contribution < -0.4 is 0 Å². The highest BCUT2D eigenvalue weighted by molar-refractivity contribution is 5.65. The lowest BCUT2D eigenvalue weighted by Crippen LogP contribution is -1.83. The minimum absolute atomic E-state index is 0.817. The summed E-state index contributed by atoms with van der Waals surface area (Å²) in [7, 11) is 0. The minimum Gasteiger partial charge on any atom is -0.299 e. The van der Waals surface area contributed by atoms with E-state index in [-0.39, 0.29) is 0 Å². The standard InChI is InChI=1S/C22H40O/c1-2-3-4-5-6-7-8-9-10-11-12-13-14-15-16-17-18-19-20-21-22-23/h18-22H,2-17H2,1H3. The fourth-order valence-electron chi connectivity index (χ4n) is 2.92. The van der Waals surface area contributed by atoms with Crippen LogP contribution in [0, 0.1) is 0 Å². The van der Waals surface area contributed by atoms with Crippen LogP contribution in [0.3, 0.4) is 0 Å². The summed E-state index contributed by atoms with van der Waals surface area (Å²) in [5, 5.41) is 0. The molecule has 0 aliphatic rings. The normalized spacial score (nSPS) is 11.7. The second-order valence-electron chi connectivity index (χ2n) is 6.69. The summed E-state index contributed by atoms with van der Waals surface area (Å²) < 4.78 is 0. The highest BCUT2D eigenvalue weighted by Crippen LogP contribution is 2.13. The van der Waals surface area contributed by atoms with E-state index in [2.05, 4.69) is 13.0 Å². The molecule has 0 spiro atoms. The predicted octanol–water partition coefficient (Wildman–Crippen LogP) is 7.56. The molecule has 0 aromatic heterocycles. The molecule has 1 heteroatoms. The van der Waals surface area contributed by atoms with Crippen LogP contribution >= 0.6 is 0 Å². The molecule has 0 saturated heterocycles. The van der Waals surface area contributed by atoms with Crippen molar-refractivity contribution in [3.63, 3.8) is 0 Å². The van der Waals surface area contributed by atoms with E-state index in [4.69, 9.17) is 0 Å². The molecule has 134 valence electrons. The second kappa shape index (κ2) is 21.1. The number of allylic oxidation sites excluding steroid dienone is 4. The average molecular weight is 321 g/mol. The van der Waals surface area contributed by atoms with Gasteiger partial charge in [-0.15, -0.1) is 0 Å². The van der Waals surface area contributed by atoms with E-state index >= 15 is 0 Å². The van der Waals surface area contributed by atoms with Crippen LogP contribution in [0.2, 0.25) is 0 Å². The van der Waals surface area contributed by atoms with Crippen molar-refractivity contribution in [3.8, 4) is 0 Å². The average Bonchev–Trinajstić information content (AvgIpc) is 2.57. The number of hydrogen-bond acceptors (Lipinski definition) is 1. The number of unbranched alkanes of at least 4 members (excludes halogenated alkanes) is 15. The Hall–Kier alpha value is -0.850. The summed E-state index contributed by atoms with van der Waals surface area (Å²) in [4.78, 5) is 10.1. The first-order chi connectivity index (χ1) is 11.4. The molecular weight excluding hydrogens is 280 g/mol. The molecule has 0 aliphatic heterocycles. The van der Waals surface area contributed by atoms with Gasteiger partial charge in [0.2, 0.25) is 0 Å². The van der Waals surface area contributed by atoms with Crippen molar-refractivity contribution in [2.75, 3.05) is 0 Å². The lowest BCUT2D eigenvalue weighted by molar-refractivity contribution is -0.104. The largest absolute Gasteiger partial charge is 0.299 e. The van der Waals surface area contributed by atoms with Crippen LogP contribution in [0.4, 0.5) is 0 Å². The molecular formula is C22H40O. The summed E-state index contributed by atoms with van der Waals surface area (Å²) in [5.41, 5.74) is 0. The van der Waals surface area contributed by atoms with E-state index in [9.17, 15) is 4.79 Å². The van der Waals surface area contributed by atoms with E-state index in [1.54, 1.807) is 6.08 Å². The minimum atomic E-state index is 0.817. The van der Waals surface area contributed by atoms with Crippen LogP contribution in [0.15, 0.2) is 24.3 Å². The first kappa shape index (κ1) is 22.1. The Morgan fingerprint density at radius 2 is 0.957 bits per heavy atom. The fourth-order valence-corrected chi connectivity index (χ4v) is 2.92. The Kier molecular flexibility index (Phi) is 20.4. The fraction of sp³-hybridized carbons (Fsp3) is 0.773. The van der Waals surface area contributed by atoms with Gasteiger partial charge in [-0.2, -0.15) is 0 Å². The summed E-state index contributed by atoms with van der Waals surface area (Å²) in [5.74, 6) is 0. The monoisotopic (exact) mass is 320 g/mol. The van der Waals surface area contributed by atoms with Crippen LogP contribution in [-0.2, 0) is 4.79 Å². The van der Waals surface area contributed by atoms with Crippen LogP contribution in [0.1, 0.15) is 110 Å². The summed E-state index contributed by atoms with van der Waals surface area (Å²) in [6.45, 7) is 2.28. The molecule has 0 heterocycles. The molecule has 0 aromatic rings. The molecule has 1 nitrogen and oxygen atoms in total. The van der Waals surface area contributed by atoms with Crippen LogP contribution in [0.25, 0.3) is 0 Å². The highest BCUT2D eigenvalue weighted by Gasteiger charge is 1.93. The number of aldehydes is 1. The SMILES string of the molecule is CCCCCCCCCCCCCCCCCC=CC=CC=O. The van der Waals surface area contributed by atoms with Gasteiger partial charge >= 0.3 is 0 Å². The molecule has 0 atom stereocenters. The van der Waals surface area contributed by atoms with Crippen LogP contribution in [-0.4, -0.2) is 6.29 Å². The Morgan fingerprint density at radius 1 is 0.522 bits per heavy atom. The van der Waals surface area contributed by atoms with E-state index in [0.717, 1.165) is 12.7 Å². The zero-order chi connectivity index (χ0) is 16.8. The maximum absolute atomic E-state index is 10.1. The quantitative estimate of drug-likeness (QED) is 0.110. The summed E-state index contributed by atoms with van der Waals surface area (Å²) in [6, 6.07) is 0. The molecule has 0 radical (unpaired) electrons. The maximum Gasteiger partial charge on any atom is 0.142 e. The van der Waals surface area contributed by atoms with Gasteiger partial charge in [-0.3, -0.25) is 4.79 Å². The van der Waals surface area contributed by atoms with Crippen molar-refractivity contribution in [1.29, 1.82) is 0 Å². The Bertz CT molecular complexity index is 278. The van der Waals surface area contributed by atoms with Gasteiger partial charge in [-0.25, -0.2) is 0 Å². The molecule has 0 saturated carbocycles. The molecule has 0 aliphatic carbocycles. The Balaban J connectivity index is 3.04. The van der Waals surface area contributed by atoms with Gasteiger partial charge in [0.1, 0.15) is 6.29 Å². The second-order valence-corrected chi connectivity index (χ2v) is 6.69. The molecule has 0 amide bonds. The molecule has 0 fully saturated rings. The smallest absolute Gasteiger partial charge is 0.142 e. The first-order valence-corrected chi connectivity index (χ1v) is 10.2. The van der Waals surface area contributed by atoms with E-state index in [1.165, 1.54) is 102 Å². The lowest BCUT2D eigenvalue weighted by Gasteiger charge is -2.03. The van der Waals surface area contributed by atoms with Gasteiger partial charge in [0, 0.05) is 0 Å². The number of carbonyl (C=O) groups excluding carboxylic acids is 1. The zero-order valence-electron chi connectivity index (χ0n) is 15.6. The summed E-state index contributed by atoms with van der Waals surface area (Å²) in [6.07, 6.45) is 30.6. The zero-order valence-corrected chi connectivity index (χ0v) is 15.6. The molecule has 0 N–H and O–H groups in total. The predicted molar refractivity (Wildman–Crippen MR) is 104 cm³/mol. The van der Waals surface area contributed by atoms with Gasteiger partial charge in [0.15, 0.2) is 0 Å². The Morgan fingerprint density at radius 3 is 1.39 bits per heavy atom. The van der Waals surface area contributed by atoms with Gasteiger partial charge in [0.25, 0.3) is 0 Å². The molecule has 0 bridgehead atoms. The molecule has 0 aromatic carbocycles. The molecule has 23 heavy (non-hydrogen) atoms. The van der Waals surface area contributed by atoms with Crippen LogP contribution in [0.5, 0.6) is 0 Å². The maximum atomic E-state index is 10.1. The van der Waals surface area contributed by atoms with Gasteiger partial charge in [-0.05, 0) is 18.9 Å². The topological polar surface area (TPSA) is 17.1 Å². The third-order valence-electron chi connectivity index (χ3n) is 4.41. The third-order valence-corrected chi connectivity index (χ3v) is 4.41. The Labute approximate surface area is 145 Å². The highest BCUT2D eigenvalue weighted by atomic mass is 16.1. The lowest BCUT2D eigenvalue weighted by atomic mass is 10.0. The van der Waals surface area contributed by atoms with Gasteiger partial charge in [-0.1, -0.05) is 115 Å².